The summed E-state index contributed by atoms with van der Waals surface area (Å²) in [5.74, 6) is -1.39. The molecule has 0 aromatic carbocycles. The lowest BCUT2D eigenvalue weighted by molar-refractivity contribution is -0.142. The third kappa shape index (κ3) is 2.61. The highest BCUT2D eigenvalue weighted by atomic mass is 16.4. The van der Waals surface area contributed by atoms with Crippen molar-refractivity contribution in [2.24, 2.45) is 11.8 Å². The number of carboxylic acid groups (broad SMARTS) is 1. The predicted octanol–water partition coefficient (Wildman–Crippen LogP) is 0.794. The van der Waals surface area contributed by atoms with Crippen molar-refractivity contribution in [3.63, 3.8) is 0 Å². The average Bonchev–Trinajstić information content (AvgIpc) is 3.05. The number of nitrogens with zero attached hydrogens (tertiary/aromatic N) is 2. The summed E-state index contributed by atoms with van der Waals surface area (Å²) in [6, 6.07) is 0.640. The monoisotopic (exact) mass is 266 g/mol. The molecule has 2 atom stereocenters. The van der Waals surface area contributed by atoms with E-state index >= 15 is 0 Å². The van der Waals surface area contributed by atoms with Gasteiger partial charge >= 0.3 is 5.97 Å². The molecule has 1 saturated carbocycles. The molecule has 5 heteroatoms. The Bertz CT molecular complexity index is 371. The van der Waals surface area contributed by atoms with E-state index in [0.29, 0.717) is 12.5 Å². The Morgan fingerprint density at radius 3 is 2.11 bits per heavy atom. The fourth-order valence-corrected chi connectivity index (χ4v) is 3.53. The number of carboxylic acids is 1. The van der Waals surface area contributed by atoms with Crippen LogP contribution in [0.2, 0.25) is 0 Å². The zero-order valence-electron chi connectivity index (χ0n) is 11.3. The van der Waals surface area contributed by atoms with Gasteiger partial charge in [0, 0.05) is 19.1 Å². The number of carbonyl (C=O) groups excluding carboxylic acids is 1. The third-order valence-corrected chi connectivity index (χ3v) is 4.86. The minimum Gasteiger partial charge on any atom is -0.481 e. The molecule has 3 aliphatic rings. The number of hydrogen-bond acceptors (Lipinski definition) is 3. The van der Waals surface area contributed by atoms with Gasteiger partial charge in [-0.3, -0.25) is 9.59 Å². The van der Waals surface area contributed by atoms with Crippen molar-refractivity contribution in [1.29, 1.82) is 0 Å². The van der Waals surface area contributed by atoms with Gasteiger partial charge in [-0.25, -0.2) is 0 Å². The highest BCUT2D eigenvalue weighted by Crippen LogP contribution is 2.40. The molecule has 2 aliphatic heterocycles. The summed E-state index contributed by atoms with van der Waals surface area (Å²) in [5, 5.41) is 8.88. The van der Waals surface area contributed by atoms with E-state index in [-0.39, 0.29) is 11.8 Å². The molecular weight excluding hydrogens is 244 g/mol. The Balaban J connectivity index is 1.47. The van der Waals surface area contributed by atoms with Crippen LogP contribution in [-0.4, -0.2) is 59.0 Å². The fraction of sp³-hybridized carbons (Fsp3) is 0.857. The molecule has 1 aliphatic carbocycles. The Hall–Kier alpha value is -1.10. The molecule has 0 aromatic heterocycles. The lowest BCUT2D eigenvalue weighted by Crippen LogP contribution is -2.46. The zero-order chi connectivity index (χ0) is 13.4. The van der Waals surface area contributed by atoms with E-state index in [0.717, 1.165) is 25.9 Å². The van der Waals surface area contributed by atoms with Crippen molar-refractivity contribution >= 4 is 11.9 Å². The molecule has 0 unspecified atom stereocenters. The van der Waals surface area contributed by atoms with E-state index in [1.54, 1.807) is 0 Å². The van der Waals surface area contributed by atoms with Crippen LogP contribution < -0.4 is 0 Å². The second-order valence-electron chi connectivity index (χ2n) is 6.09. The van der Waals surface area contributed by atoms with Crippen LogP contribution in [0.25, 0.3) is 0 Å². The van der Waals surface area contributed by atoms with Crippen LogP contribution >= 0.6 is 0 Å². The van der Waals surface area contributed by atoms with Gasteiger partial charge in [-0.1, -0.05) is 0 Å². The number of carbonyl (C=O) groups is 2. The average molecular weight is 266 g/mol. The van der Waals surface area contributed by atoms with E-state index in [1.165, 1.54) is 25.9 Å². The van der Waals surface area contributed by atoms with Crippen molar-refractivity contribution in [1.82, 2.24) is 9.80 Å². The van der Waals surface area contributed by atoms with E-state index in [9.17, 15) is 9.59 Å². The molecule has 2 saturated heterocycles. The van der Waals surface area contributed by atoms with Crippen LogP contribution in [0.4, 0.5) is 0 Å². The topological polar surface area (TPSA) is 60.9 Å². The molecule has 0 bridgehead atoms. The van der Waals surface area contributed by atoms with E-state index in [2.05, 4.69) is 4.90 Å². The van der Waals surface area contributed by atoms with Crippen LogP contribution in [0.3, 0.4) is 0 Å². The molecular formula is C14H22N2O3. The fourth-order valence-electron chi connectivity index (χ4n) is 3.53. The molecule has 0 spiro atoms. The number of piperidine rings is 1. The Morgan fingerprint density at radius 2 is 1.58 bits per heavy atom. The molecule has 0 aromatic rings. The summed E-state index contributed by atoms with van der Waals surface area (Å²) in [6.45, 7) is 4.04. The van der Waals surface area contributed by atoms with Crippen LogP contribution in [-0.2, 0) is 9.59 Å². The minimum atomic E-state index is -0.815. The molecule has 1 N–H and O–H groups in total. The van der Waals surface area contributed by atoms with Crippen LogP contribution in [0.1, 0.15) is 32.1 Å². The highest BCUT2D eigenvalue weighted by Gasteiger charge is 2.50. The van der Waals surface area contributed by atoms with Gasteiger partial charge in [0.1, 0.15) is 0 Å². The number of rotatable bonds is 3. The molecule has 1 amide bonds. The summed E-state index contributed by atoms with van der Waals surface area (Å²) >= 11 is 0. The molecule has 19 heavy (non-hydrogen) atoms. The van der Waals surface area contributed by atoms with E-state index in [4.69, 9.17) is 5.11 Å². The number of amides is 1. The van der Waals surface area contributed by atoms with Crippen molar-refractivity contribution in [3.8, 4) is 0 Å². The predicted molar refractivity (Wildman–Crippen MR) is 69.6 cm³/mol. The SMILES string of the molecule is O=C(O)[C@H]1C[C@H]1C(=O)N1CCC(N2CCCC2)CC1. The van der Waals surface area contributed by atoms with Crippen molar-refractivity contribution < 1.29 is 14.7 Å². The van der Waals surface area contributed by atoms with Gasteiger partial charge in [-0.05, 0) is 45.2 Å². The maximum absolute atomic E-state index is 12.2. The standard InChI is InChI=1S/C14H22N2O3/c17-13(11-9-12(11)14(18)19)16-7-3-10(4-8-16)15-5-1-2-6-15/h10-12H,1-9H2,(H,18,19)/t11-,12+/m1/s1. The Kier molecular flexibility index (Phi) is 3.48. The normalized spacial score (nSPS) is 32.5. The second kappa shape index (κ2) is 5.12. The molecule has 5 nitrogen and oxygen atoms in total. The van der Waals surface area contributed by atoms with Crippen LogP contribution in [0, 0.1) is 11.8 Å². The second-order valence-corrected chi connectivity index (χ2v) is 6.09. The number of hydrogen-bond donors (Lipinski definition) is 1. The van der Waals surface area contributed by atoms with Gasteiger partial charge in [0.2, 0.25) is 5.91 Å². The number of likely N-dealkylation sites (tertiary alicyclic amines) is 2. The first kappa shape index (κ1) is 12.9. The zero-order valence-corrected chi connectivity index (χ0v) is 11.3. The van der Waals surface area contributed by atoms with Gasteiger partial charge in [0.25, 0.3) is 0 Å². The van der Waals surface area contributed by atoms with Crippen molar-refractivity contribution in [2.75, 3.05) is 26.2 Å². The smallest absolute Gasteiger partial charge is 0.307 e. The largest absolute Gasteiger partial charge is 0.481 e. The van der Waals surface area contributed by atoms with Gasteiger partial charge in [0.05, 0.1) is 11.8 Å². The molecule has 0 radical (unpaired) electrons. The summed E-state index contributed by atoms with van der Waals surface area (Å²) < 4.78 is 0. The molecule has 2 heterocycles. The Labute approximate surface area is 113 Å². The molecule has 3 fully saturated rings. The van der Waals surface area contributed by atoms with Crippen molar-refractivity contribution in [3.05, 3.63) is 0 Å². The minimum absolute atomic E-state index is 0.0762. The molecule has 3 rings (SSSR count). The third-order valence-electron chi connectivity index (χ3n) is 4.86. The van der Waals surface area contributed by atoms with Gasteiger partial charge < -0.3 is 14.9 Å². The lowest BCUT2D eigenvalue weighted by Gasteiger charge is -2.36. The van der Waals surface area contributed by atoms with Gasteiger partial charge in [-0.15, -0.1) is 0 Å². The number of aliphatic carboxylic acids is 1. The lowest BCUT2D eigenvalue weighted by atomic mass is 10.0. The van der Waals surface area contributed by atoms with E-state index < -0.39 is 11.9 Å². The first-order chi connectivity index (χ1) is 9.16. The van der Waals surface area contributed by atoms with E-state index in [1.807, 2.05) is 4.90 Å². The Morgan fingerprint density at radius 1 is 0.947 bits per heavy atom. The maximum atomic E-state index is 12.2. The first-order valence-corrected chi connectivity index (χ1v) is 7.42. The van der Waals surface area contributed by atoms with Crippen LogP contribution in [0.5, 0.6) is 0 Å². The summed E-state index contributed by atoms with van der Waals surface area (Å²) in [5.41, 5.74) is 0. The van der Waals surface area contributed by atoms with Crippen molar-refractivity contribution in [2.45, 2.75) is 38.1 Å². The summed E-state index contributed by atoms with van der Waals surface area (Å²) in [6.07, 6.45) is 5.26. The quantitative estimate of drug-likeness (QED) is 0.820. The first-order valence-electron chi connectivity index (χ1n) is 7.42. The van der Waals surface area contributed by atoms with Gasteiger partial charge in [0.15, 0.2) is 0 Å². The highest BCUT2D eigenvalue weighted by molar-refractivity contribution is 5.89. The summed E-state index contributed by atoms with van der Waals surface area (Å²) in [4.78, 5) is 27.4. The summed E-state index contributed by atoms with van der Waals surface area (Å²) in [7, 11) is 0. The maximum Gasteiger partial charge on any atom is 0.307 e. The molecule has 106 valence electrons. The van der Waals surface area contributed by atoms with Crippen LogP contribution in [0.15, 0.2) is 0 Å². The van der Waals surface area contributed by atoms with Gasteiger partial charge in [-0.2, -0.15) is 0 Å².